The molecule has 0 radical (unpaired) electrons. The number of ether oxygens (including phenoxy) is 1. The summed E-state index contributed by atoms with van der Waals surface area (Å²) < 4.78 is 5.36. The molecule has 0 aliphatic carbocycles. The van der Waals surface area contributed by atoms with Crippen LogP contribution >= 0.6 is 0 Å². The number of hydrogen-bond acceptors (Lipinski definition) is 4. The molecule has 1 fully saturated rings. The third kappa shape index (κ3) is 7.95. The maximum Gasteiger partial charge on any atom is 0.407 e. The lowest BCUT2D eigenvalue weighted by molar-refractivity contribution is 0.0507. The van der Waals surface area contributed by atoms with Crippen molar-refractivity contribution in [1.29, 1.82) is 0 Å². The first kappa shape index (κ1) is 23.5. The van der Waals surface area contributed by atoms with Gasteiger partial charge in [-0.05, 0) is 47.2 Å². The van der Waals surface area contributed by atoms with E-state index in [1.807, 2.05) is 27.8 Å². The molecule has 2 unspecified atom stereocenters. The number of aliphatic imine (C=N–C) groups is 1. The fraction of sp³-hybridized carbons (Fsp3) is 0.900. The average Bonchev–Trinajstić information content (AvgIpc) is 3.00. The minimum Gasteiger partial charge on any atom is -0.444 e. The van der Waals surface area contributed by atoms with Crippen LogP contribution in [0.25, 0.3) is 0 Å². The van der Waals surface area contributed by atoms with Crippen LogP contribution < -0.4 is 10.6 Å². The van der Waals surface area contributed by atoms with E-state index in [4.69, 9.17) is 4.74 Å². The molecule has 7 nitrogen and oxygen atoms in total. The van der Waals surface area contributed by atoms with Gasteiger partial charge in [0.25, 0.3) is 0 Å². The first-order valence-electron chi connectivity index (χ1n) is 10.2. The SMILES string of the molecule is CCC(CC)C(CNC(=NC)N1CCC(NC(=O)OC(C)(C)C)C1)N(C)C. The highest BCUT2D eigenvalue weighted by molar-refractivity contribution is 5.80. The molecule has 1 amide bonds. The molecule has 0 saturated carbocycles. The molecule has 1 aliphatic heterocycles. The molecular weight excluding hydrogens is 342 g/mol. The number of rotatable bonds is 7. The van der Waals surface area contributed by atoms with Gasteiger partial charge in [0.05, 0.1) is 6.04 Å². The van der Waals surface area contributed by atoms with E-state index in [1.54, 1.807) is 0 Å². The van der Waals surface area contributed by atoms with Gasteiger partial charge in [0.15, 0.2) is 5.96 Å². The first-order valence-corrected chi connectivity index (χ1v) is 10.2. The number of hydrogen-bond donors (Lipinski definition) is 2. The second-order valence-corrected chi connectivity index (χ2v) is 8.61. The number of carbonyl (C=O) groups excluding carboxylic acids is 1. The highest BCUT2D eigenvalue weighted by Crippen LogP contribution is 2.17. The van der Waals surface area contributed by atoms with Crippen LogP contribution in [0.4, 0.5) is 4.79 Å². The van der Waals surface area contributed by atoms with Crippen molar-refractivity contribution in [2.45, 2.75) is 71.6 Å². The summed E-state index contributed by atoms with van der Waals surface area (Å²) in [6.07, 6.45) is 2.89. The van der Waals surface area contributed by atoms with Crippen molar-refractivity contribution >= 4 is 12.1 Å². The molecule has 7 heteroatoms. The zero-order chi connectivity index (χ0) is 20.6. The summed E-state index contributed by atoms with van der Waals surface area (Å²) in [5.41, 5.74) is -0.476. The molecule has 1 rings (SSSR count). The Morgan fingerprint density at radius 2 is 1.93 bits per heavy atom. The average molecular weight is 384 g/mol. The number of guanidine groups is 1. The molecule has 2 N–H and O–H groups in total. The van der Waals surface area contributed by atoms with Crippen LogP contribution in [0.1, 0.15) is 53.9 Å². The molecule has 0 aromatic carbocycles. The Morgan fingerprint density at radius 1 is 1.30 bits per heavy atom. The minimum absolute atomic E-state index is 0.0853. The van der Waals surface area contributed by atoms with Crippen LogP contribution in [0.2, 0.25) is 0 Å². The predicted octanol–water partition coefficient (Wildman–Crippen LogP) is 2.53. The van der Waals surface area contributed by atoms with Crippen LogP contribution in [0.15, 0.2) is 4.99 Å². The van der Waals surface area contributed by atoms with E-state index in [9.17, 15) is 4.79 Å². The van der Waals surface area contributed by atoms with Gasteiger partial charge in [-0.15, -0.1) is 0 Å². The van der Waals surface area contributed by atoms with Crippen molar-refractivity contribution < 1.29 is 9.53 Å². The normalized spacial score (nSPS) is 19.6. The lowest BCUT2D eigenvalue weighted by Crippen LogP contribution is -2.49. The van der Waals surface area contributed by atoms with E-state index in [0.29, 0.717) is 12.0 Å². The Balaban J connectivity index is 2.57. The summed E-state index contributed by atoms with van der Waals surface area (Å²) in [5, 5.41) is 6.51. The van der Waals surface area contributed by atoms with Gasteiger partial charge in [0, 0.05) is 32.7 Å². The Kier molecular flexibility index (Phi) is 9.36. The molecule has 0 aromatic rings. The van der Waals surface area contributed by atoms with Crippen molar-refractivity contribution in [3.8, 4) is 0 Å². The van der Waals surface area contributed by atoms with Gasteiger partial charge >= 0.3 is 6.09 Å². The van der Waals surface area contributed by atoms with Crippen molar-refractivity contribution in [3.05, 3.63) is 0 Å². The fourth-order valence-corrected chi connectivity index (χ4v) is 3.68. The number of likely N-dealkylation sites (tertiary alicyclic amines) is 1. The zero-order valence-electron chi connectivity index (χ0n) is 18.6. The maximum absolute atomic E-state index is 12.0. The summed E-state index contributed by atoms with van der Waals surface area (Å²) in [7, 11) is 6.10. The number of alkyl carbamates (subject to hydrolysis) is 1. The van der Waals surface area contributed by atoms with Gasteiger partial charge in [-0.2, -0.15) is 0 Å². The number of amides is 1. The van der Waals surface area contributed by atoms with Gasteiger partial charge in [0.1, 0.15) is 5.60 Å². The number of likely N-dealkylation sites (N-methyl/N-ethyl adjacent to an activating group) is 1. The summed E-state index contributed by atoms with van der Waals surface area (Å²) >= 11 is 0. The molecule has 0 aromatic heterocycles. The monoisotopic (exact) mass is 383 g/mol. The van der Waals surface area contributed by atoms with Gasteiger partial charge in [0.2, 0.25) is 0 Å². The molecule has 0 spiro atoms. The predicted molar refractivity (Wildman–Crippen MR) is 112 cm³/mol. The van der Waals surface area contributed by atoms with E-state index < -0.39 is 5.60 Å². The minimum atomic E-state index is -0.476. The molecule has 2 atom stereocenters. The third-order valence-corrected chi connectivity index (χ3v) is 5.15. The van der Waals surface area contributed by atoms with Crippen LogP contribution in [-0.2, 0) is 4.74 Å². The second-order valence-electron chi connectivity index (χ2n) is 8.61. The Morgan fingerprint density at radius 3 is 2.41 bits per heavy atom. The van der Waals surface area contributed by atoms with Crippen LogP contribution in [0, 0.1) is 5.92 Å². The highest BCUT2D eigenvalue weighted by atomic mass is 16.6. The van der Waals surface area contributed by atoms with E-state index in [-0.39, 0.29) is 12.1 Å². The highest BCUT2D eigenvalue weighted by Gasteiger charge is 2.28. The Bertz CT molecular complexity index is 483. The summed E-state index contributed by atoms with van der Waals surface area (Å²) in [6, 6.07) is 0.553. The molecule has 1 aliphatic rings. The van der Waals surface area contributed by atoms with Crippen molar-refractivity contribution in [3.63, 3.8) is 0 Å². The zero-order valence-corrected chi connectivity index (χ0v) is 18.6. The van der Waals surface area contributed by atoms with Gasteiger partial charge in [-0.1, -0.05) is 26.7 Å². The third-order valence-electron chi connectivity index (χ3n) is 5.15. The standard InChI is InChI=1S/C20H41N5O2/c1-9-15(10-2)17(24(7)8)13-22-18(21-6)25-12-11-16(14-25)23-19(26)27-20(3,4)5/h15-17H,9-14H2,1-8H3,(H,21,22)(H,23,26). The Labute approximate surface area is 165 Å². The first-order chi connectivity index (χ1) is 12.6. The number of carbonyl (C=O) groups is 1. The van der Waals surface area contributed by atoms with E-state index in [2.05, 4.69) is 53.4 Å². The largest absolute Gasteiger partial charge is 0.444 e. The number of nitrogens with zero attached hydrogens (tertiary/aromatic N) is 3. The van der Waals surface area contributed by atoms with E-state index in [1.165, 1.54) is 12.8 Å². The van der Waals surface area contributed by atoms with Crippen LogP contribution in [0.3, 0.4) is 0 Å². The van der Waals surface area contributed by atoms with Crippen LogP contribution in [-0.4, -0.2) is 80.3 Å². The Hall–Kier alpha value is -1.50. The topological polar surface area (TPSA) is 69.2 Å². The van der Waals surface area contributed by atoms with Gasteiger partial charge in [-0.25, -0.2) is 4.79 Å². The van der Waals surface area contributed by atoms with Crippen LogP contribution in [0.5, 0.6) is 0 Å². The van der Waals surface area contributed by atoms with Crippen molar-refractivity contribution in [1.82, 2.24) is 20.4 Å². The summed E-state index contributed by atoms with van der Waals surface area (Å²) in [6.45, 7) is 12.6. The lowest BCUT2D eigenvalue weighted by atomic mass is 9.93. The number of nitrogens with one attached hydrogen (secondary N) is 2. The fourth-order valence-electron chi connectivity index (χ4n) is 3.68. The quantitative estimate of drug-likeness (QED) is 0.522. The van der Waals surface area contributed by atoms with Gasteiger partial charge < -0.3 is 25.2 Å². The molecule has 1 heterocycles. The van der Waals surface area contributed by atoms with E-state index >= 15 is 0 Å². The lowest BCUT2D eigenvalue weighted by Gasteiger charge is -2.33. The van der Waals surface area contributed by atoms with E-state index in [0.717, 1.165) is 32.0 Å². The van der Waals surface area contributed by atoms with Crippen molar-refractivity contribution in [2.75, 3.05) is 40.8 Å². The smallest absolute Gasteiger partial charge is 0.407 e. The molecule has 27 heavy (non-hydrogen) atoms. The second kappa shape index (κ2) is 10.7. The summed E-state index contributed by atoms with van der Waals surface area (Å²) in [5.74, 6) is 1.56. The maximum atomic E-state index is 12.0. The molecule has 0 bridgehead atoms. The summed E-state index contributed by atoms with van der Waals surface area (Å²) in [4.78, 5) is 21.0. The molecule has 158 valence electrons. The van der Waals surface area contributed by atoms with Crippen molar-refractivity contribution in [2.24, 2.45) is 10.9 Å². The van der Waals surface area contributed by atoms with Gasteiger partial charge in [-0.3, -0.25) is 4.99 Å². The molecule has 1 saturated heterocycles. The molecular formula is C20H41N5O2.